The summed E-state index contributed by atoms with van der Waals surface area (Å²) in [5, 5.41) is 3.65. The van der Waals surface area contributed by atoms with E-state index >= 15 is 0 Å². The molecule has 1 heteroatoms. The van der Waals surface area contributed by atoms with Gasteiger partial charge in [-0.15, -0.1) is 0 Å². The molecule has 1 saturated heterocycles. The van der Waals surface area contributed by atoms with Gasteiger partial charge in [0.05, 0.1) is 0 Å². The van der Waals surface area contributed by atoms with Gasteiger partial charge in [-0.1, -0.05) is 56.0 Å². The molecule has 0 aromatic heterocycles. The molecule has 1 aromatic rings. The van der Waals surface area contributed by atoms with Crippen LogP contribution in [0.25, 0.3) is 0 Å². The highest BCUT2D eigenvalue weighted by Crippen LogP contribution is 2.50. The Bertz CT molecular complexity index is 436. The molecular weight excluding hydrogens is 242 g/mol. The average Bonchev–Trinajstić information content (AvgIpc) is 2.64. The fraction of sp³-hybridized carbons (Fsp3) is 0.684. The number of hydrogen-bond donors (Lipinski definition) is 1. The molecule has 2 aliphatic rings. The number of piperidine rings is 1. The number of hydrogen-bond acceptors (Lipinski definition) is 1. The molecule has 3 unspecified atom stereocenters. The summed E-state index contributed by atoms with van der Waals surface area (Å²) in [6.45, 7) is 7.03. The highest BCUT2D eigenvalue weighted by Gasteiger charge is 2.41. The van der Waals surface area contributed by atoms with E-state index in [-0.39, 0.29) is 0 Å². The smallest absolute Gasteiger partial charge is 0.00255 e. The zero-order valence-electron chi connectivity index (χ0n) is 13.1. The van der Waals surface area contributed by atoms with Crippen molar-refractivity contribution in [2.75, 3.05) is 13.1 Å². The van der Waals surface area contributed by atoms with Crippen molar-refractivity contribution in [3.05, 3.63) is 35.4 Å². The molecule has 1 saturated carbocycles. The molecule has 1 spiro atoms. The molecule has 2 fully saturated rings. The first-order valence-corrected chi connectivity index (χ1v) is 8.47. The average molecular weight is 271 g/mol. The van der Waals surface area contributed by atoms with Crippen LogP contribution in [0.5, 0.6) is 0 Å². The third-order valence-electron chi connectivity index (χ3n) is 5.87. The van der Waals surface area contributed by atoms with Gasteiger partial charge in [-0.25, -0.2) is 0 Å². The fourth-order valence-electron chi connectivity index (χ4n) is 4.45. The van der Waals surface area contributed by atoms with E-state index in [9.17, 15) is 0 Å². The normalized spacial score (nSPS) is 34.9. The maximum atomic E-state index is 3.65. The lowest BCUT2D eigenvalue weighted by molar-refractivity contribution is 0.135. The zero-order chi connectivity index (χ0) is 14.0. The van der Waals surface area contributed by atoms with E-state index in [1.807, 2.05) is 0 Å². The molecule has 3 rings (SSSR count). The number of benzene rings is 1. The molecule has 1 aliphatic heterocycles. The van der Waals surface area contributed by atoms with Gasteiger partial charge in [0.2, 0.25) is 0 Å². The highest BCUT2D eigenvalue weighted by molar-refractivity contribution is 5.27. The highest BCUT2D eigenvalue weighted by atomic mass is 14.9. The van der Waals surface area contributed by atoms with Crippen LogP contribution in [0.2, 0.25) is 0 Å². The predicted molar refractivity (Wildman–Crippen MR) is 86.1 cm³/mol. The van der Waals surface area contributed by atoms with Crippen molar-refractivity contribution in [3.8, 4) is 0 Å². The van der Waals surface area contributed by atoms with E-state index in [1.165, 1.54) is 57.2 Å². The van der Waals surface area contributed by atoms with E-state index < -0.39 is 0 Å². The Morgan fingerprint density at radius 1 is 1.05 bits per heavy atom. The first-order chi connectivity index (χ1) is 9.70. The van der Waals surface area contributed by atoms with Crippen molar-refractivity contribution in [2.45, 2.75) is 58.3 Å². The molecule has 0 bridgehead atoms. The fourth-order valence-corrected chi connectivity index (χ4v) is 4.45. The molecule has 1 N–H and O–H groups in total. The summed E-state index contributed by atoms with van der Waals surface area (Å²) in [6.07, 6.45) is 8.56. The minimum Gasteiger partial charge on any atom is -0.316 e. The number of nitrogens with one attached hydrogen (secondary N) is 1. The molecule has 1 nitrogen and oxygen atoms in total. The second-order valence-corrected chi connectivity index (χ2v) is 7.32. The Hall–Kier alpha value is -0.820. The molecule has 0 amide bonds. The van der Waals surface area contributed by atoms with Crippen LogP contribution in [0.15, 0.2) is 24.3 Å². The van der Waals surface area contributed by atoms with E-state index in [4.69, 9.17) is 0 Å². The van der Waals surface area contributed by atoms with Gasteiger partial charge in [-0.2, -0.15) is 0 Å². The van der Waals surface area contributed by atoms with Crippen molar-refractivity contribution in [1.82, 2.24) is 5.32 Å². The molecule has 1 heterocycles. The number of aryl methyl sites for hydroxylation is 1. The van der Waals surface area contributed by atoms with Crippen molar-refractivity contribution < 1.29 is 0 Å². The SMILES string of the molecule is Cc1ccc(C2CNCCC23CCCC(C)CC3)cc1. The Balaban J connectivity index is 1.88. The first-order valence-electron chi connectivity index (χ1n) is 8.47. The molecule has 110 valence electrons. The minimum atomic E-state index is 0.575. The summed E-state index contributed by atoms with van der Waals surface area (Å²) < 4.78 is 0. The van der Waals surface area contributed by atoms with E-state index in [0.717, 1.165) is 11.8 Å². The van der Waals surface area contributed by atoms with Crippen LogP contribution in [-0.4, -0.2) is 13.1 Å². The second kappa shape index (κ2) is 5.89. The van der Waals surface area contributed by atoms with Crippen LogP contribution < -0.4 is 5.32 Å². The lowest BCUT2D eigenvalue weighted by Gasteiger charge is -2.45. The molecule has 1 aliphatic carbocycles. The van der Waals surface area contributed by atoms with Crippen LogP contribution in [0.1, 0.15) is 62.5 Å². The lowest BCUT2D eigenvalue weighted by atomic mass is 9.63. The van der Waals surface area contributed by atoms with Crippen molar-refractivity contribution in [2.24, 2.45) is 11.3 Å². The van der Waals surface area contributed by atoms with E-state index in [2.05, 4.69) is 43.4 Å². The number of rotatable bonds is 1. The van der Waals surface area contributed by atoms with Crippen LogP contribution in [0.3, 0.4) is 0 Å². The van der Waals surface area contributed by atoms with Crippen LogP contribution in [-0.2, 0) is 0 Å². The van der Waals surface area contributed by atoms with Crippen LogP contribution in [0, 0.1) is 18.3 Å². The van der Waals surface area contributed by atoms with E-state index in [0.29, 0.717) is 5.41 Å². The van der Waals surface area contributed by atoms with Gasteiger partial charge in [0, 0.05) is 12.5 Å². The Morgan fingerprint density at radius 2 is 1.85 bits per heavy atom. The largest absolute Gasteiger partial charge is 0.316 e. The monoisotopic (exact) mass is 271 g/mol. The molecular formula is C19H29N. The van der Waals surface area contributed by atoms with Crippen LogP contribution >= 0.6 is 0 Å². The second-order valence-electron chi connectivity index (χ2n) is 7.32. The molecule has 3 atom stereocenters. The van der Waals surface area contributed by atoms with Gasteiger partial charge in [-0.05, 0) is 49.6 Å². The van der Waals surface area contributed by atoms with Crippen molar-refractivity contribution in [1.29, 1.82) is 0 Å². The Labute approximate surface area is 124 Å². The third-order valence-corrected chi connectivity index (χ3v) is 5.87. The van der Waals surface area contributed by atoms with Crippen molar-refractivity contribution >= 4 is 0 Å². The quantitative estimate of drug-likeness (QED) is 0.783. The summed E-state index contributed by atoms with van der Waals surface area (Å²) in [7, 11) is 0. The maximum absolute atomic E-state index is 3.65. The summed E-state index contributed by atoms with van der Waals surface area (Å²) >= 11 is 0. The summed E-state index contributed by atoms with van der Waals surface area (Å²) in [5.41, 5.74) is 3.52. The van der Waals surface area contributed by atoms with Crippen LogP contribution in [0.4, 0.5) is 0 Å². The first kappa shape index (κ1) is 14.1. The summed E-state index contributed by atoms with van der Waals surface area (Å²) in [5.74, 6) is 1.66. The van der Waals surface area contributed by atoms with Gasteiger partial charge in [0.25, 0.3) is 0 Å². The standard InChI is InChI=1S/C19H29N/c1-15-4-3-10-19(11-9-15)12-13-20-14-18(19)17-7-5-16(2)6-8-17/h5-8,15,18,20H,3-4,9-14H2,1-2H3. The van der Waals surface area contributed by atoms with Gasteiger partial charge in [-0.3, -0.25) is 0 Å². The van der Waals surface area contributed by atoms with Gasteiger partial charge >= 0.3 is 0 Å². The molecule has 20 heavy (non-hydrogen) atoms. The van der Waals surface area contributed by atoms with Gasteiger partial charge in [0.15, 0.2) is 0 Å². The van der Waals surface area contributed by atoms with Crippen molar-refractivity contribution in [3.63, 3.8) is 0 Å². The predicted octanol–water partition coefficient (Wildman–Crippen LogP) is 4.66. The summed E-state index contributed by atoms with van der Waals surface area (Å²) in [4.78, 5) is 0. The van der Waals surface area contributed by atoms with E-state index in [1.54, 1.807) is 5.56 Å². The summed E-state index contributed by atoms with van der Waals surface area (Å²) in [6, 6.07) is 9.33. The zero-order valence-corrected chi connectivity index (χ0v) is 13.1. The van der Waals surface area contributed by atoms with Gasteiger partial charge < -0.3 is 5.32 Å². The lowest BCUT2D eigenvalue weighted by Crippen LogP contribution is -2.43. The Kier molecular flexibility index (Phi) is 4.16. The Morgan fingerprint density at radius 3 is 2.65 bits per heavy atom. The maximum Gasteiger partial charge on any atom is 0.00255 e. The van der Waals surface area contributed by atoms with Gasteiger partial charge in [0.1, 0.15) is 0 Å². The minimum absolute atomic E-state index is 0.575. The third kappa shape index (κ3) is 2.79. The topological polar surface area (TPSA) is 12.0 Å². The molecule has 1 aromatic carbocycles. The molecule has 0 radical (unpaired) electrons.